The monoisotopic (exact) mass is 407 g/mol. The van der Waals surface area contributed by atoms with Crippen molar-refractivity contribution in [2.24, 2.45) is 0 Å². The number of carbonyl (C=O) groups excluding carboxylic acids is 1. The molecule has 0 aliphatic heterocycles. The van der Waals surface area contributed by atoms with E-state index in [1.807, 2.05) is 32.0 Å². The Hall–Kier alpha value is -3.25. The second-order valence-corrected chi connectivity index (χ2v) is 7.03. The van der Waals surface area contributed by atoms with Crippen molar-refractivity contribution in [3.05, 3.63) is 70.1 Å². The van der Waals surface area contributed by atoms with E-state index in [1.54, 1.807) is 31.4 Å². The molecule has 146 valence electrons. The van der Waals surface area contributed by atoms with Crippen LogP contribution in [-0.4, -0.2) is 28.0 Å². The van der Waals surface area contributed by atoms with Crippen LogP contribution in [0.4, 0.5) is 0 Å². The fraction of sp³-hybridized carbons (Fsp3) is 0.182. The normalized spacial score (nSPS) is 11.0. The molecule has 0 aliphatic rings. The summed E-state index contributed by atoms with van der Waals surface area (Å²) in [4.78, 5) is 25.9. The van der Waals surface area contributed by atoms with Crippen LogP contribution in [0, 0.1) is 13.8 Å². The van der Waals surface area contributed by atoms with Crippen molar-refractivity contribution in [2.45, 2.75) is 20.5 Å². The Morgan fingerprint density at radius 1 is 0.931 bits per heavy atom. The fourth-order valence-electron chi connectivity index (χ4n) is 2.98. The molecule has 0 N–H and O–H groups in total. The number of esters is 1. The highest BCUT2D eigenvalue weighted by Crippen LogP contribution is 2.25. The molecule has 4 rings (SSSR count). The average Bonchev–Trinajstić information content (AvgIpc) is 2.72. The van der Waals surface area contributed by atoms with Crippen LogP contribution in [0.15, 0.2) is 42.5 Å². The number of halogens is 1. The summed E-state index contributed by atoms with van der Waals surface area (Å²) in [6.45, 7) is 3.81. The molecular formula is C22H18ClN3O3. The summed E-state index contributed by atoms with van der Waals surface area (Å²) >= 11 is 6.28. The largest absolute Gasteiger partial charge is 0.497 e. The van der Waals surface area contributed by atoms with Gasteiger partial charge < -0.3 is 9.47 Å². The summed E-state index contributed by atoms with van der Waals surface area (Å²) in [6.07, 6.45) is 0. The molecule has 6 nitrogen and oxygen atoms in total. The predicted octanol–water partition coefficient (Wildman–Crippen LogP) is 4.81. The first kappa shape index (κ1) is 19.1. The second kappa shape index (κ2) is 7.64. The fourth-order valence-corrected chi connectivity index (χ4v) is 3.18. The molecule has 0 radical (unpaired) electrons. The Balaban J connectivity index is 1.55. The lowest BCUT2D eigenvalue weighted by Gasteiger charge is -2.09. The quantitative estimate of drug-likeness (QED) is 0.357. The van der Waals surface area contributed by atoms with Gasteiger partial charge in [-0.1, -0.05) is 11.6 Å². The summed E-state index contributed by atoms with van der Waals surface area (Å²) in [6, 6.07) is 12.5. The van der Waals surface area contributed by atoms with Crippen LogP contribution in [0.2, 0.25) is 5.15 Å². The van der Waals surface area contributed by atoms with E-state index in [0.717, 1.165) is 22.3 Å². The van der Waals surface area contributed by atoms with Crippen LogP contribution in [0.25, 0.3) is 21.9 Å². The van der Waals surface area contributed by atoms with Gasteiger partial charge in [-0.2, -0.15) is 0 Å². The molecule has 2 heterocycles. The van der Waals surface area contributed by atoms with E-state index in [1.165, 1.54) is 0 Å². The van der Waals surface area contributed by atoms with Gasteiger partial charge in [-0.05, 0) is 50.2 Å². The second-order valence-electron chi connectivity index (χ2n) is 6.67. The average molecular weight is 408 g/mol. The Morgan fingerprint density at radius 3 is 2.45 bits per heavy atom. The van der Waals surface area contributed by atoms with Gasteiger partial charge in [0.25, 0.3) is 0 Å². The third kappa shape index (κ3) is 3.84. The molecule has 0 bridgehead atoms. The molecule has 0 amide bonds. The maximum absolute atomic E-state index is 12.5. The van der Waals surface area contributed by atoms with Crippen LogP contribution in [-0.2, 0) is 11.3 Å². The Kier molecular flexibility index (Phi) is 5.03. The Labute approximate surface area is 172 Å². The van der Waals surface area contributed by atoms with Crippen molar-refractivity contribution in [3.63, 3.8) is 0 Å². The Bertz CT molecular complexity index is 1260. The van der Waals surface area contributed by atoms with Crippen LogP contribution < -0.4 is 4.74 Å². The lowest BCUT2D eigenvalue weighted by atomic mass is 10.1. The first-order valence-corrected chi connectivity index (χ1v) is 9.37. The minimum Gasteiger partial charge on any atom is -0.497 e. The van der Waals surface area contributed by atoms with Crippen LogP contribution >= 0.6 is 11.6 Å². The van der Waals surface area contributed by atoms with Crippen LogP contribution in [0.3, 0.4) is 0 Å². The third-order valence-corrected chi connectivity index (χ3v) is 5.05. The van der Waals surface area contributed by atoms with Crippen molar-refractivity contribution < 1.29 is 14.3 Å². The van der Waals surface area contributed by atoms with Crippen LogP contribution in [0.5, 0.6) is 5.75 Å². The van der Waals surface area contributed by atoms with Crippen molar-refractivity contribution >= 4 is 39.5 Å². The molecule has 0 unspecified atom stereocenters. The zero-order chi connectivity index (χ0) is 20.5. The van der Waals surface area contributed by atoms with E-state index in [-0.39, 0.29) is 11.8 Å². The number of aromatic nitrogens is 3. The summed E-state index contributed by atoms with van der Waals surface area (Å²) in [5, 5.41) is 1.17. The highest BCUT2D eigenvalue weighted by Gasteiger charge is 2.13. The lowest BCUT2D eigenvalue weighted by Crippen LogP contribution is -2.06. The van der Waals surface area contributed by atoms with Gasteiger partial charge in [0.15, 0.2) is 0 Å². The number of benzene rings is 2. The standard InChI is InChI=1S/C22H18ClN3O3/c1-12-13(2)25-20-9-15(5-7-18(20)24-12)22(27)29-11-16-8-14-4-6-17(28-3)10-19(14)26-21(16)23/h4-10H,11H2,1-3H3. The number of ether oxygens (including phenoxy) is 2. The number of carbonyl (C=O) groups is 1. The number of hydrogen-bond donors (Lipinski definition) is 0. The van der Waals surface area contributed by atoms with Crippen LogP contribution in [0.1, 0.15) is 27.3 Å². The summed E-state index contributed by atoms with van der Waals surface area (Å²) < 4.78 is 10.7. The summed E-state index contributed by atoms with van der Waals surface area (Å²) in [5.74, 6) is 0.239. The van der Waals surface area contributed by atoms with E-state index in [4.69, 9.17) is 21.1 Å². The van der Waals surface area contributed by atoms with E-state index < -0.39 is 5.97 Å². The van der Waals surface area contributed by atoms with Gasteiger partial charge >= 0.3 is 5.97 Å². The molecular weight excluding hydrogens is 390 g/mol. The molecule has 7 heteroatoms. The smallest absolute Gasteiger partial charge is 0.338 e. The molecule has 0 spiro atoms. The SMILES string of the molecule is COc1ccc2cc(COC(=O)c3ccc4nc(C)c(C)nc4c3)c(Cl)nc2c1. The highest BCUT2D eigenvalue weighted by atomic mass is 35.5. The maximum Gasteiger partial charge on any atom is 0.338 e. The van der Waals surface area contributed by atoms with Crippen molar-refractivity contribution in [1.82, 2.24) is 15.0 Å². The summed E-state index contributed by atoms with van der Waals surface area (Å²) in [7, 11) is 1.59. The molecule has 2 aromatic heterocycles. The van der Waals surface area contributed by atoms with Gasteiger partial charge in [0.05, 0.1) is 40.6 Å². The number of hydrogen-bond acceptors (Lipinski definition) is 6. The molecule has 0 saturated carbocycles. The molecule has 4 aromatic rings. The number of aryl methyl sites for hydroxylation is 2. The van der Waals surface area contributed by atoms with E-state index >= 15 is 0 Å². The first-order valence-electron chi connectivity index (χ1n) is 9.00. The molecule has 2 aromatic carbocycles. The van der Waals surface area contributed by atoms with E-state index in [0.29, 0.717) is 27.9 Å². The van der Waals surface area contributed by atoms with Crippen molar-refractivity contribution in [2.75, 3.05) is 7.11 Å². The van der Waals surface area contributed by atoms with Gasteiger partial charge in [-0.3, -0.25) is 0 Å². The minimum atomic E-state index is -0.460. The number of pyridine rings is 1. The minimum absolute atomic E-state index is 0.0171. The van der Waals surface area contributed by atoms with Gasteiger partial charge in [0.1, 0.15) is 17.5 Å². The number of fused-ring (bicyclic) bond motifs is 2. The van der Waals surface area contributed by atoms with Crippen molar-refractivity contribution in [3.8, 4) is 5.75 Å². The van der Waals surface area contributed by atoms with Gasteiger partial charge in [0.2, 0.25) is 0 Å². The summed E-state index contributed by atoms with van der Waals surface area (Å²) in [5.41, 5.74) is 4.83. The molecule has 29 heavy (non-hydrogen) atoms. The zero-order valence-electron chi connectivity index (χ0n) is 16.2. The zero-order valence-corrected chi connectivity index (χ0v) is 16.9. The molecule has 0 saturated heterocycles. The Morgan fingerprint density at radius 2 is 1.69 bits per heavy atom. The van der Waals surface area contributed by atoms with Gasteiger partial charge in [0, 0.05) is 17.0 Å². The molecule has 0 aliphatic carbocycles. The third-order valence-electron chi connectivity index (χ3n) is 4.72. The number of nitrogens with zero attached hydrogens (tertiary/aromatic N) is 3. The van der Waals surface area contributed by atoms with Gasteiger partial charge in [-0.25, -0.2) is 19.7 Å². The highest BCUT2D eigenvalue weighted by molar-refractivity contribution is 6.30. The van der Waals surface area contributed by atoms with E-state index in [2.05, 4.69) is 15.0 Å². The first-order chi connectivity index (χ1) is 13.9. The van der Waals surface area contributed by atoms with Gasteiger partial charge in [-0.15, -0.1) is 0 Å². The maximum atomic E-state index is 12.5. The number of rotatable bonds is 4. The van der Waals surface area contributed by atoms with E-state index in [9.17, 15) is 4.79 Å². The molecule has 0 fully saturated rings. The molecule has 0 atom stereocenters. The van der Waals surface area contributed by atoms with Crippen molar-refractivity contribution in [1.29, 1.82) is 0 Å². The lowest BCUT2D eigenvalue weighted by molar-refractivity contribution is 0.0473. The number of methoxy groups -OCH3 is 1. The topological polar surface area (TPSA) is 74.2 Å². The predicted molar refractivity (Wildman–Crippen MR) is 111 cm³/mol.